The molecule has 0 unspecified atom stereocenters. The van der Waals surface area contributed by atoms with Crippen molar-refractivity contribution in [1.82, 2.24) is 4.90 Å². The number of rotatable bonds is 2. The van der Waals surface area contributed by atoms with Crippen LogP contribution in [0.15, 0.2) is 23.1 Å². The molecule has 4 rings (SSSR count). The Bertz CT molecular complexity index is 663. The highest BCUT2D eigenvalue weighted by Crippen LogP contribution is 2.33. The molecule has 0 atom stereocenters. The van der Waals surface area contributed by atoms with Crippen LogP contribution in [-0.4, -0.2) is 54.6 Å². The Hall–Kier alpha value is -1.57. The Morgan fingerprint density at radius 3 is 2.75 bits per heavy atom. The summed E-state index contributed by atoms with van der Waals surface area (Å²) in [5.74, 6) is 0.112. The summed E-state index contributed by atoms with van der Waals surface area (Å²) in [6, 6.07) is 5.86. The molecular formula is C17H20N2O4S. The molecule has 2 fully saturated rings. The first kappa shape index (κ1) is 15.9. The molecule has 128 valence electrons. The molecule has 0 bridgehead atoms. The van der Waals surface area contributed by atoms with Crippen LogP contribution in [0.5, 0.6) is 0 Å². The molecule has 2 amide bonds. The molecule has 0 aliphatic carbocycles. The number of hydrogen-bond acceptors (Lipinski definition) is 5. The molecule has 6 nitrogen and oxygen atoms in total. The summed E-state index contributed by atoms with van der Waals surface area (Å²) >= 11 is 1.53. The van der Waals surface area contributed by atoms with Gasteiger partial charge in [0.25, 0.3) is 0 Å². The number of carbonyl (C=O) groups excluding carboxylic acids is 2. The van der Waals surface area contributed by atoms with Crippen molar-refractivity contribution in [2.75, 3.05) is 37.4 Å². The van der Waals surface area contributed by atoms with Crippen LogP contribution in [0.4, 0.5) is 5.69 Å². The number of fused-ring (bicyclic) bond motifs is 1. The molecule has 0 radical (unpaired) electrons. The second-order valence-corrected chi connectivity index (χ2v) is 7.35. The molecular weight excluding hydrogens is 328 g/mol. The van der Waals surface area contributed by atoms with E-state index in [1.807, 2.05) is 23.1 Å². The number of nitrogens with zero attached hydrogens (tertiary/aromatic N) is 1. The Labute approximate surface area is 144 Å². The van der Waals surface area contributed by atoms with Crippen molar-refractivity contribution >= 4 is 29.3 Å². The summed E-state index contributed by atoms with van der Waals surface area (Å²) in [5.41, 5.74) is 1.74. The van der Waals surface area contributed by atoms with E-state index >= 15 is 0 Å². The van der Waals surface area contributed by atoms with E-state index in [1.165, 1.54) is 11.8 Å². The van der Waals surface area contributed by atoms with Crippen molar-refractivity contribution in [3.63, 3.8) is 0 Å². The fraction of sp³-hybridized carbons (Fsp3) is 0.529. The van der Waals surface area contributed by atoms with Gasteiger partial charge in [-0.1, -0.05) is 6.07 Å². The van der Waals surface area contributed by atoms with Crippen molar-refractivity contribution in [2.45, 2.75) is 29.9 Å². The van der Waals surface area contributed by atoms with Gasteiger partial charge in [0.1, 0.15) is 0 Å². The van der Waals surface area contributed by atoms with Crippen LogP contribution in [0.1, 0.15) is 18.4 Å². The molecule has 1 N–H and O–H groups in total. The van der Waals surface area contributed by atoms with Gasteiger partial charge in [0, 0.05) is 30.8 Å². The second kappa shape index (κ2) is 6.38. The first-order chi connectivity index (χ1) is 11.6. The SMILES string of the molecule is O=C1CSc2ccc(CC(=O)N3CCC4(CC3)OCCO4)cc2N1. The first-order valence-electron chi connectivity index (χ1n) is 8.25. The number of nitrogens with one attached hydrogen (secondary N) is 1. The van der Waals surface area contributed by atoms with Gasteiger partial charge in [-0.3, -0.25) is 9.59 Å². The van der Waals surface area contributed by atoms with Gasteiger partial charge in [0.15, 0.2) is 5.79 Å². The van der Waals surface area contributed by atoms with E-state index in [1.54, 1.807) is 0 Å². The molecule has 0 aromatic heterocycles. The highest BCUT2D eigenvalue weighted by molar-refractivity contribution is 8.00. The fourth-order valence-electron chi connectivity index (χ4n) is 3.41. The van der Waals surface area contributed by atoms with E-state index in [0.29, 0.717) is 38.5 Å². The topological polar surface area (TPSA) is 67.9 Å². The minimum absolute atomic E-state index is 0.00821. The van der Waals surface area contributed by atoms with Gasteiger partial charge in [-0.05, 0) is 17.7 Å². The van der Waals surface area contributed by atoms with Crippen LogP contribution in [0, 0.1) is 0 Å². The van der Waals surface area contributed by atoms with E-state index in [-0.39, 0.29) is 11.8 Å². The number of thioether (sulfide) groups is 1. The number of likely N-dealkylation sites (tertiary alicyclic amines) is 1. The third kappa shape index (κ3) is 3.16. The van der Waals surface area contributed by atoms with E-state index in [4.69, 9.17) is 9.47 Å². The van der Waals surface area contributed by atoms with E-state index in [2.05, 4.69) is 5.32 Å². The molecule has 3 aliphatic heterocycles. The second-order valence-electron chi connectivity index (χ2n) is 6.33. The Morgan fingerprint density at radius 2 is 2.00 bits per heavy atom. The lowest BCUT2D eigenvalue weighted by Crippen LogP contribution is -2.47. The monoisotopic (exact) mass is 348 g/mol. The average Bonchev–Trinajstić information content (AvgIpc) is 3.03. The lowest BCUT2D eigenvalue weighted by atomic mass is 10.0. The van der Waals surface area contributed by atoms with Crippen molar-refractivity contribution in [2.24, 2.45) is 0 Å². The number of hydrogen-bond donors (Lipinski definition) is 1. The van der Waals surface area contributed by atoms with Crippen LogP contribution < -0.4 is 5.32 Å². The number of amides is 2. The van der Waals surface area contributed by atoms with Crippen LogP contribution in [0.25, 0.3) is 0 Å². The van der Waals surface area contributed by atoms with Gasteiger partial charge in [-0.15, -0.1) is 11.8 Å². The fourth-order valence-corrected chi connectivity index (χ4v) is 4.20. The highest BCUT2D eigenvalue weighted by atomic mass is 32.2. The largest absolute Gasteiger partial charge is 0.347 e. The standard InChI is InChI=1S/C17H20N2O4S/c20-15-11-24-14-2-1-12(9-13(14)18-15)10-16(21)19-5-3-17(4-6-19)22-7-8-23-17/h1-2,9H,3-8,10-11H2,(H,18,20). The average molecular weight is 348 g/mol. The number of piperidine rings is 1. The number of benzene rings is 1. The molecule has 24 heavy (non-hydrogen) atoms. The Balaban J connectivity index is 1.38. The Morgan fingerprint density at radius 1 is 1.25 bits per heavy atom. The summed E-state index contributed by atoms with van der Waals surface area (Å²) in [4.78, 5) is 27.0. The molecule has 0 saturated carbocycles. The third-order valence-electron chi connectivity index (χ3n) is 4.72. The number of carbonyl (C=O) groups is 2. The number of anilines is 1. The minimum atomic E-state index is -0.454. The third-order valence-corrected chi connectivity index (χ3v) is 5.80. The van der Waals surface area contributed by atoms with E-state index in [0.717, 1.165) is 29.0 Å². The molecule has 1 aromatic carbocycles. The summed E-state index contributed by atoms with van der Waals surface area (Å²) in [7, 11) is 0. The van der Waals surface area contributed by atoms with Gasteiger partial charge in [-0.2, -0.15) is 0 Å². The van der Waals surface area contributed by atoms with Crippen LogP contribution in [-0.2, 0) is 25.5 Å². The van der Waals surface area contributed by atoms with Gasteiger partial charge < -0.3 is 19.7 Å². The predicted octanol–water partition coefficient (Wildman–Crippen LogP) is 1.64. The number of ether oxygens (including phenoxy) is 2. The zero-order chi connectivity index (χ0) is 16.6. The lowest BCUT2D eigenvalue weighted by molar-refractivity contribution is -0.187. The Kier molecular flexibility index (Phi) is 4.24. The summed E-state index contributed by atoms with van der Waals surface area (Å²) in [6.07, 6.45) is 1.81. The maximum atomic E-state index is 12.6. The summed E-state index contributed by atoms with van der Waals surface area (Å²) in [6.45, 7) is 2.62. The summed E-state index contributed by atoms with van der Waals surface area (Å²) in [5, 5.41) is 2.87. The molecule has 2 saturated heterocycles. The van der Waals surface area contributed by atoms with Crippen molar-refractivity contribution in [1.29, 1.82) is 0 Å². The van der Waals surface area contributed by atoms with Gasteiger partial charge >= 0.3 is 0 Å². The molecule has 1 aromatic rings. The van der Waals surface area contributed by atoms with Crippen LogP contribution in [0.3, 0.4) is 0 Å². The molecule has 7 heteroatoms. The predicted molar refractivity (Wildman–Crippen MR) is 89.9 cm³/mol. The zero-order valence-electron chi connectivity index (χ0n) is 13.4. The van der Waals surface area contributed by atoms with Crippen molar-refractivity contribution in [3.8, 4) is 0 Å². The zero-order valence-corrected chi connectivity index (χ0v) is 14.2. The normalized spacial score (nSPS) is 22.3. The van der Waals surface area contributed by atoms with Crippen LogP contribution in [0.2, 0.25) is 0 Å². The quantitative estimate of drug-likeness (QED) is 0.880. The van der Waals surface area contributed by atoms with Gasteiger partial charge in [0.2, 0.25) is 11.8 Å². The maximum absolute atomic E-state index is 12.6. The molecule has 1 spiro atoms. The van der Waals surface area contributed by atoms with E-state index in [9.17, 15) is 9.59 Å². The van der Waals surface area contributed by atoms with Crippen molar-refractivity contribution < 1.29 is 19.1 Å². The lowest BCUT2D eigenvalue weighted by Gasteiger charge is -2.37. The van der Waals surface area contributed by atoms with Gasteiger partial charge in [0.05, 0.1) is 31.1 Å². The highest BCUT2D eigenvalue weighted by Gasteiger charge is 2.40. The van der Waals surface area contributed by atoms with Crippen molar-refractivity contribution in [3.05, 3.63) is 23.8 Å². The molecule has 3 aliphatic rings. The first-order valence-corrected chi connectivity index (χ1v) is 9.23. The minimum Gasteiger partial charge on any atom is -0.347 e. The van der Waals surface area contributed by atoms with Crippen LogP contribution >= 0.6 is 11.8 Å². The van der Waals surface area contributed by atoms with Gasteiger partial charge in [-0.25, -0.2) is 0 Å². The maximum Gasteiger partial charge on any atom is 0.234 e. The summed E-state index contributed by atoms with van der Waals surface area (Å²) < 4.78 is 11.4. The smallest absolute Gasteiger partial charge is 0.234 e. The van der Waals surface area contributed by atoms with E-state index < -0.39 is 5.79 Å². The molecule has 3 heterocycles.